The van der Waals surface area contributed by atoms with Crippen molar-refractivity contribution in [2.24, 2.45) is 0 Å². The maximum Gasteiger partial charge on any atom is 0.306 e. The second kappa shape index (κ2) is 61.1. The Morgan fingerprint density at radius 2 is 0.821 bits per heavy atom. The first-order chi connectivity index (χ1) is 41.2. The Kier molecular flexibility index (Phi) is 58.1. The van der Waals surface area contributed by atoms with Gasteiger partial charge in [-0.05, 0) is 57.8 Å². The van der Waals surface area contributed by atoms with E-state index in [2.05, 4.69) is 50.4 Å². The van der Waals surface area contributed by atoms with Crippen molar-refractivity contribution in [2.45, 2.75) is 404 Å². The molecule has 8 unspecified atom stereocenters. The SMILES string of the molecule is CCCCC/C=C\C/C=C\CCCCCCCCCCCCCCCCCCC(O)C(=O)NC(COC1OC(CO)C(O)C(O)C1OC(=O)CCCCCCCCCCCCCCCCCCC)C(O)/C=C/CCCCCCCCCCCC. The summed E-state index contributed by atoms with van der Waals surface area (Å²) in [4.78, 5) is 26.7. The van der Waals surface area contributed by atoms with Gasteiger partial charge in [-0.2, -0.15) is 0 Å². The summed E-state index contributed by atoms with van der Waals surface area (Å²) in [5.74, 6) is -1.18. The first kappa shape index (κ1) is 79.9. The standard InChI is InChI=1S/C73H137NO10/c1-4-7-10-13-16-19-22-25-27-29-30-31-32-33-34-35-36-37-39-40-42-45-48-51-54-57-60-66(77)72(81)74-64(65(76)59-56-53-50-47-44-24-21-18-15-12-9-6-3)63-82-73-71(70(80)69(79)67(62-75)83-73)84-68(78)61-58-55-52-49-46-43-41-38-28-26-23-20-17-14-11-8-5-2/h16,19,25,27,56,59,64-67,69-71,73,75-77,79-80H,4-15,17-18,20-24,26,28-55,57-58,60-63H2,1-3H3,(H,74,81)/b19-16-,27-25-,59-56+. The van der Waals surface area contributed by atoms with E-state index in [4.69, 9.17) is 14.2 Å². The van der Waals surface area contributed by atoms with Crippen molar-refractivity contribution >= 4 is 11.9 Å². The molecule has 0 saturated carbocycles. The van der Waals surface area contributed by atoms with E-state index >= 15 is 0 Å². The van der Waals surface area contributed by atoms with Crippen LogP contribution in [0, 0.1) is 0 Å². The number of rotatable bonds is 63. The summed E-state index contributed by atoms with van der Waals surface area (Å²) in [6.45, 7) is 5.82. The van der Waals surface area contributed by atoms with E-state index in [1.54, 1.807) is 6.08 Å². The van der Waals surface area contributed by atoms with Gasteiger partial charge < -0.3 is 45.1 Å². The van der Waals surface area contributed by atoms with Gasteiger partial charge in [-0.3, -0.25) is 9.59 Å². The van der Waals surface area contributed by atoms with E-state index in [-0.39, 0.29) is 13.0 Å². The van der Waals surface area contributed by atoms with E-state index in [0.717, 1.165) is 64.2 Å². The molecule has 0 aliphatic carbocycles. The molecule has 0 aromatic rings. The smallest absolute Gasteiger partial charge is 0.306 e. The van der Waals surface area contributed by atoms with Gasteiger partial charge in [0.15, 0.2) is 12.4 Å². The zero-order valence-corrected chi connectivity index (χ0v) is 55.0. The second-order valence-corrected chi connectivity index (χ2v) is 25.3. The summed E-state index contributed by atoms with van der Waals surface area (Å²) in [5.41, 5.74) is 0. The topological polar surface area (TPSA) is 175 Å². The number of aliphatic hydroxyl groups is 5. The molecule has 84 heavy (non-hydrogen) atoms. The molecule has 11 nitrogen and oxygen atoms in total. The monoisotopic (exact) mass is 1190 g/mol. The maximum absolute atomic E-state index is 13.5. The van der Waals surface area contributed by atoms with Crippen LogP contribution in [0.15, 0.2) is 36.5 Å². The van der Waals surface area contributed by atoms with Crippen LogP contribution in [0.25, 0.3) is 0 Å². The normalized spacial score (nSPS) is 18.6. The van der Waals surface area contributed by atoms with Gasteiger partial charge in [-0.25, -0.2) is 0 Å². The predicted molar refractivity (Wildman–Crippen MR) is 352 cm³/mol. The van der Waals surface area contributed by atoms with Crippen LogP contribution in [-0.2, 0) is 23.8 Å². The lowest BCUT2D eigenvalue weighted by atomic mass is 9.99. The minimum atomic E-state index is -1.61. The van der Waals surface area contributed by atoms with E-state index in [1.165, 1.54) is 244 Å². The quantitative estimate of drug-likeness (QED) is 0.0195. The molecule has 0 bridgehead atoms. The Hall–Kier alpha value is -2.12. The van der Waals surface area contributed by atoms with Crippen LogP contribution in [0.2, 0.25) is 0 Å². The third-order valence-corrected chi connectivity index (χ3v) is 17.3. The molecule has 0 aromatic carbocycles. The highest BCUT2D eigenvalue weighted by Gasteiger charge is 2.47. The summed E-state index contributed by atoms with van der Waals surface area (Å²) in [6.07, 6.45) is 64.8. The molecule has 11 heteroatoms. The molecule has 0 aromatic heterocycles. The first-order valence-electron chi connectivity index (χ1n) is 36.3. The highest BCUT2D eigenvalue weighted by molar-refractivity contribution is 5.80. The van der Waals surface area contributed by atoms with Crippen LogP contribution in [0.4, 0.5) is 0 Å². The zero-order valence-electron chi connectivity index (χ0n) is 55.0. The van der Waals surface area contributed by atoms with Gasteiger partial charge in [0.05, 0.1) is 25.4 Å². The van der Waals surface area contributed by atoms with Crippen molar-refractivity contribution in [2.75, 3.05) is 13.2 Å². The van der Waals surface area contributed by atoms with E-state index in [9.17, 15) is 35.1 Å². The summed E-state index contributed by atoms with van der Waals surface area (Å²) in [5, 5.41) is 57.2. The lowest BCUT2D eigenvalue weighted by Gasteiger charge is -2.41. The Bertz CT molecular complexity index is 1510. The number of nitrogens with one attached hydrogen (secondary N) is 1. The molecular weight excluding hydrogens is 1050 g/mol. The van der Waals surface area contributed by atoms with Crippen molar-refractivity contribution in [3.05, 3.63) is 36.5 Å². The number of esters is 1. The largest absolute Gasteiger partial charge is 0.454 e. The van der Waals surface area contributed by atoms with Crippen molar-refractivity contribution in [3.63, 3.8) is 0 Å². The number of ether oxygens (including phenoxy) is 3. The predicted octanol–water partition coefficient (Wildman–Crippen LogP) is 18.6. The van der Waals surface area contributed by atoms with Crippen molar-refractivity contribution in [1.29, 1.82) is 0 Å². The van der Waals surface area contributed by atoms with Gasteiger partial charge in [0.25, 0.3) is 0 Å². The van der Waals surface area contributed by atoms with E-state index < -0.39 is 67.4 Å². The fourth-order valence-electron chi connectivity index (χ4n) is 11.6. The fourth-order valence-corrected chi connectivity index (χ4v) is 11.6. The first-order valence-corrected chi connectivity index (χ1v) is 36.3. The molecule has 1 aliphatic rings. The Labute approximate surface area is 517 Å². The third-order valence-electron chi connectivity index (χ3n) is 17.3. The van der Waals surface area contributed by atoms with Crippen LogP contribution < -0.4 is 5.32 Å². The van der Waals surface area contributed by atoms with Gasteiger partial charge in [0.2, 0.25) is 5.91 Å². The Morgan fingerprint density at radius 1 is 0.464 bits per heavy atom. The van der Waals surface area contributed by atoms with Gasteiger partial charge in [-0.15, -0.1) is 0 Å². The Balaban J connectivity index is 2.53. The average molecular weight is 1190 g/mol. The number of hydrogen-bond donors (Lipinski definition) is 6. The van der Waals surface area contributed by atoms with Crippen LogP contribution in [0.1, 0.15) is 355 Å². The van der Waals surface area contributed by atoms with Crippen LogP contribution in [0.5, 0.6) is 0 Å². The molecule has 0 radical (unpaired) electrons. The molecule has 1 heterocycles. The van der Waals surface area contributed by atoms with Crippen LogP contribution >= 0.6 is 0 Å². The van der Waals surface area contributed by atoms with Gasteiger partial charge in [0, 0.05) is 6.42 Å². The van der Waals surface area contributed by atoms with Gasteiger partial charge in [-0.1, -0.05) is 327 Å². The molecule has 1 aliphatic heterocycles. The minimum absolute atomic E-state index is 0.130. The fraction of sp³-hybridized carbons (Fsp3) is 0.890. The van der Waals surface area contributed by atoms with Gasteiger partial charge in [0.1, 0.15) is 24.4 Å². The molecular formula is C73H137NO10. The number of carbonyl (C=O) groups is 2. The number of unbranched alkanes of at least 4 members (excludes halogenated alkanes) is 45. The summed E-state index contributed by atoms with van der Waals surface area (Å²) < 4.78 is 17.7. The molecule has 1 saturated heterocycles. The molecule has 1 fully saturated rings. The Morgan fingerprint density at radius 3 is 1.24 bits per heavy atom. The summed E-state index contributed by atoms with van der Waals surface area (Å²) in [7, 11) is 0. The van der Waals surface area contributed by atoms with Crippen molar-refractivity contribution in [1.82, 2.24) is 5.32 Å². The van der Waals surface area contributed by atoms with Crippen molar-refractivity contribution in [3.8, 4) is 0 Å². The summed E-state index contributed by atoms with van der Waals surface area (Å²) >= 11 is 0. The number of allylic oxidation sites excluding steroid dienone is 5. The highest BCUT2D eigenvalue weighted by Crippen LogP contribution is 2.26. The zero-order chi connectivity index (χ0) is 61.0. The average Bonchev–Trinajstić information content (AvgIpc) is 3.67. The van der Waals surface area contributed by atoms with E-state index in [1.807, 2.05) is 6.08 Å². The third kappa shape index (κ3) is 47.9. The highest BCUT2D eigenvalue weighted by atomic mass is 16.7. The molecule has 1 amide bonds. The molecule has 494 valence electrons. The minimum Gasteiger partial charge on any atom is -0.454 e. The lowest BCUT2D eigenvalue weighted by molar-refractivity contribution is -0.305. The lowest BCUT2D eigenvalue weighted by Crippen LogP contribution is -2.61. The molecule has 1 rings (SSSR count). The number of amides is 1. The van der Waals surface area contributed by atoms with Crippen molar-refractivity contribution < 1.29 is 49.3 Å². The second-order valence-electron chi connectivity index (χ2n) is 25.3. The summed E-state index contributed by atoms with van der Waals surface area (Å²) in [6, 6.07) is -1.02. The molecule has 6 N–H and O–H groups in total. The maximum atomic E-state index is 13.5. The van der Waals surface area contributed by atoms with E-state index in [0.29, 0.717) is 19.3 Å². The molecule has 0 spiro atoms. The van der Waals surface area contributed by atoms with Crippen LogP contribution in [-0.4, -0.2) is 99.6 Å². The van der Waals surface area contributed by atoms with Gasteiger partial charge >= 0.3 is 5.97 Å². The number of hydrogen-bond acceptors (Lipinski definition) is 10. The van der Waals surface area contributed by atoms with Crippen LogP contribution in [0.3, 0.4) is 0 Å². The molecule has 8 atom stereocenters. The number of aliphatic hydroxyl groups excluding tert-OH is 5. The number of carbonyl (C=O) groups excluding carboxylic acids is 2.